The fourth-order valence-electron chi connectivity index (χ4n) is 1.56. The molecule has 0 aliphatic carbocycles. The molecule has 2 rings (SSSR count). The maximum Gasteiger partial charge on any atom is 0.335 e. The molecule has 128 valence electrons. The van der Waals surface area contributed by atoms with Gasteiger partial charge < -0.3 is 14.6 Å². The SMILES string of the molecule is COc1nc(NC(=O)NS(=O)(=O)c2ccccc2O)nc(OC)n1. The Morgan fingerprint density at radius 1 is 1.08 bits per heavy atom. The van der Waals surface area contributed by atoms with E-state index in [0.29, 0.717) is 0 Å². The largest absolute Gasteiger partial charge is 0.507 e. The number of hydrogen-bond acceptors (Lipinski definition) is 9. The number of aromatic nitrogens is 3. The van der Waals surface area contributed by atoms with E-state index in [1.165, 1.54) is 32.4 Å². The summed E-state index contributed by atoms with van der Waals surface area (Å²) in [7, 11) is -1.70. The molecule has 1 aromatic heterocycles. The van der Waals surface area contributed by atoms with E-state index in [-0.39, 0.29) is 18.0 Å². The van der Waals surface area contributed by atoms with E-state index in [2.05, 4.69) is 20.3 Å². The molecule has 0 bridgehead atoms. The van der Waals surface area contributed by atoms with Crippen molar-refractivity contribution in [2.24, 2.45) is 0 Å². The summed E-state index contributed by atoms with van der Waals surface area (Å²) in [6, 6.07) is 3.73. The molecule has 11 nitrogen and oxygen atoms in total. The number of urea groups is 1. The molecule has 0 spiro atoms. The Bertz CT molecular complexity index is 835. The third-order valence-corrected chi connectivity index (χ3v) is 3.95. The minimum absolute atomic E-state index is 0.138. The molecule has 3 N–H and O–H groups in total. The fraction of sp³-hybridized carbons (Fsp3) is 0.167. The highest BCUT2D eigenvalue weighted by atomic mass is 32.2. The first-order valence-corrected chi connectivity index (χ1v) is 7.80. The van der Waals surface area contributed by atoms with Crippen LogP contribution in [0.15, 0.2) is 29.2 Å². The van der Waals surface area contributed by atoms with Crippen molar-refractivity contribution in [3.63, 3.8) is 0 Å². The van der Waals surface area contributed by atoms with Crippen LogP contribution in [0.4, 0.5) is 10.7 Å². The number of para-hydroxylation sites is 1. The summed E-state index contributed by atoms with van der Waals surface area (Å²) in [4.78, 5) is 22.6. The van der Waals surface area contributed by atoms with Crippen molar-refractivity contribution in [3.05, 3.63) is 24.3 Å². The number of rotatable bonds is 5. The number of methoxy groups -OCH3 is 2. The molecular formula is C12H13N5O6S. The van der Waals surface area contributed by atoms with E-state index in [4.69, 9.17) is 9.47 Å². The second-order valence-corrected chi connectivity index (χ2v) is 5.81. The van der Waals surface area contributed by atoms with E-state index in [1.54, 1.807) is 4.72 Å². The fourth-order valence-corrected chi connectivity index (χ4v) is 2.57. The highest BCUT2D eigenvalue weighted by Gasteiger charge is 2.21. The predicted octanol–water partition coefficient (Wildman–Crippen LogP) is 0.105. The van der Waals surface area contributed by atoms with E-state index >= 15 is 0 Å². The average Bonchev–Trinajstić information content (AvgIpc) is 2.53. The molecule has 0 radical (unpaired) electrons. The van der Waals surface area contributed by atoms with Crippen molar-refractivity contribution in [2.75, 3.05) is 19.5 Å². The number of sulfonamides is 1. The molecule has 2 aromatic rings. The lowest BCUT2D eigenvalue weighted by molar-refractivity contribution is 0.256. The topological polar surface area (TPSA) is 153 Å². The van der Waals surface area contributed by atoms with Gasteiger partial charge in [0.25, 0.3) is 10.0 Å². The van der Waals surface area contributed by atoms with Crippen molar-refractivity contribution in [2.45, 2.75) is 4.90 Å². The average molecular weight is 355 g/mol. The van der Waals surface area contributed by atoms with Crippen molar-refractivity contribution in [1.82, 2.24) is 19.7 Å². The van der Waals surface area contributed by atoms with Gasteiger partial charge in [-0.25, -0.2) is 17.9 Å². The summed E-state index contributed by atoms with van der Waals surface area (Å²) < 4.78 is 35.4. The number of anilines is 1. The number of nitrogens with one attached hydrogen (secondary N) is 2. The molecular weight excluding hydrogens is 342 g/mol. The van der Waals surface area contributed by atoms with Gasteiger partial charge in [0.2, 0.25) is 5.95 Å². The monoisotopic (exact) mass is 355 g/mol. The lowest BCUT2D eigenvalue weighted by atomic mass is 10.3. The summed E-state index contributed by atoms with van der Waals surface area (Å²) >= 11 is 0. The quantitative estimate of drug-likeness (QED) is 0.678. The number of hydrogen-bond donors (Lipinski definition) is 3. The zero-order valence-electron chi connectivity index (χ0n) is 12.5. The van der Waals surface area contributed by atoms with Gasteiger partial charge in [0, 0.05) is 0 Å². The van der Waals surface area contributed by atoms with Crippen LogP contribution in [0, 0.1) is 0 Å². The van der Waals surface area contributed by atoms with Crippen molar-refractivity contribution >= 4 is 22.0 Å². The smallest absolute Gasteiger partial charge is 0.335 e. The van der Waals surface area contributed by atoms with E-state index in [1.807, 2.05) is 0 Å². The Kier molecular flexibility index (Phi) is 4.99. The summed E-state index contributed by atoms with van der Waals surface area (Å²) in [5, 5.41) is 11.7. The number of ether oxygens (including phenoxy) is 2. The van der Waals surface area contributed by atoms with Crippen molar-refractivity contribution in [1.29, 1.82) is 0 Å². The number of carbonyl (C=O) groups is 1. The van der Waals surface area contributed by atoms with Crippen LogP contribution in [0.25, 0.3) is 0 Å². The van der Waals surface area contributed by atoms with Crippen LogP contribution in [0.1, 0.15) is 0 Å². The lowest BCUT2D eigenvalue weighted by Gasteiger charge is -2.09. The highest BCUT2D eigenvalue weighted by Crippen LogP contribution is 2.21. The minimum Gasteiger partial charge on any atom is -0.507 e. The molecule has 24 heavy (non-hydrogen) atoms. The summed E-state index contributed by atoms with van der Waals surface area (Å²) in [6.45, 7) is 0. The summed E-state index contributed by atoms with van der Waals surface area (Å²) in [6.07, 6.45) is 0. The Labute approximate surface area is 136 Å². The number of benzene rings is 1. The molecule has 0 fully saturated rings. The third-order valence-electron chi connectivity index (χ3n) is 2.57. The van der Waals surface area contributed by atoms with Gasteiger partial charge in [-0.1, -0.05) is 12.1 Å². The first kappa shape index (κ1) is 17.2. The summed E-state index contributed by atoms with van der Waals surface area (Å²) in [5.41, 5.74) is 0. The molecule has 1 aromatic carbocycles. The number of aromatic hydroxyl groups is 1. The van der Waals surface area contributed by atoms with Crippen molar-refractivity contribution in [3.8, 4) is 17.8 Å². The Balaban J connectivity index is 2.18. The molecule has 12 heteroatoms. The van der Waals surface area contributed by atoms with Gasteiger partial charge in [-0.3, -0.25) is 5.32 Å². The second-order valence-electron chi connectivity index (χ2n) is 4.16. The normalized spacial score (nSPS) is 10.8. The van der Waals surface area contributed by atoms with Gasteiger partial charge in [0.05, 0.1) is 14.2 Å². The van der Waals surface area contributed by atoms with Crippen LogP contribution < -0.4 is 19.5 Å². The standard InChI is InChI=1S/C12H13N5O6S/c1-22-11-14-9(15-12(16-11)23-2)13-10(19)17-24(20,21)8-6-4-3-5-7(8)18/h3-6,18H,1-2H3,(H2,13,14,15,16,17,19). The zero-order chi connectivity index (χ0) is 17.7. The lowest BCUT2D eigenvalue weighted by Crippen LogP contribution is -2.35. The van der Waals surface area contributed by atoms with Gasteiger partial charge in [0.1, 0.15) is 10.6 Å². The van der Waals surface area contributed by atoms with Gasteiger partial charge in [-0.05, 0) is 12.1 Å². The number of amides is 2. The van der Waals surface area contributed by atoms with Gasteiger partial charge in [0.15, 0.2) is 0 Å². The van der Waals surface area contributed by atoms with Crippen LogP contribution in [-0.2, 0) is 10.0 Å². The number of carbonyl (C=O) groups excluding carboxylic acids is 1. The van der Waals surface area contributed by atoms with Crippen molar-refractivity contribution < 1.29 is 27.8 Å². The van der Waals surface area contributed by atoms with Crippen LogP contribution in [-0.4, -0.2) is 48.7 Å². The van der Waals surface area contributed by atoms with Gasteiger partial charge in [-0.15, -0.1) is 4.98 Å². The summed E-state index contributed by atoms with van der Waals surface area (Å²) in [5.74, 6) is -0.787. The minimum atomic E-state index is -4.29. The maximum absolute atomic E-state index is 12.1. The molecule has 0 saturated heterocycles. The predicted molar refractivity (Wildman–Crippen MR) is 80.4 cm³/mol. The van der Waals surface area contributed by atoms with Crippen LogP contribution >= 0.6 is 0 Å². The van der Waals surface area contributed by atoms with Crippen LogP contribution in [0.3, 0.4) is 0 Å². The zero-order valence-corrected chi connectivity index (χ0v) is 13.4. The molecule has 0 atom stereocenters. The number of nitrogens with zero attached hydrogens (tertiary/aromatic N) is 3. The van der Waals surface area contributed by atoms with E-state index in [0.717, 1.165) is 6.07 Å². The Morgan fingerprint density at radius 3 is 2.21 bits per heavy atom. The molecule has 0 aliphatic rings. The van der Waals surface area contributed by atoms with Gasteiger partial charge >= 0.3 is 18.1 Å². The maximum atomic E-state index is 12.1. The van der Waals surface area contributed by atoms with E-state index in [9.17, 15) is 18.3 Å². The molecule has 0 saturated carbocycles. The third kappa shape index (κ3) is 3.98. The molecule has 2 amide bonds. The number of phenolic OH excluding ortho intramolecular Hbond substituents is 1. The Morgan fingerprint density at radius 2 is 1.67 bits per heavy atom. The second kappa shape index (κ2) is 6.95. The Hall–Kier alpha value is -3.15. The molecule has 1 heterocycles. The molecule has 0 aliphatic heterocycles. The van der Waals surface area contributed by atoms with E-state index < -0.39 is 26.7 Å². The highest BCUT2D eigenvalue weighted by molar-refractivity contribution is 7.90. The molecule has 0 unspecified atom stereocenters. The van der Waals surface area contributed by atoms with Crippen LogP contribution in [0.2, 0.25) is 0 Å². The first-order chi connectivity index (χ1) is 11.4. The van der Waals surface area contributed by atoms with Crippen LogP contribution in [0.5, 0.6) is 17.8 Å². The first-order valence-electron chi connectivity index (χ1n) is 6.31. The van der Waals surface area contributed by atoms with Gasteiger partial charge in [-0.2, -0.15) is 9.97 Å². The number of phenols is 1.